The van der Waals surface area contributed by atoms with Gasteiger partial charge in [0, 0.05) is 15.7 Å². The lowest BCUT2D eigenvalue weighted by atomic mass is 10.2. The molecule has 0 aliphatic rings. The Labute approximate surface area is 157 Å². The number of anilines is 1. The Kier molecular flexibility index (Phi) is 5.40. The van der Waals surface area contributed by atoms with Crippen molar-refractivity contribution in [2.24, 2.45) is 0 Å². The number of aromatic nitrogens is 3. The molecule has 1 amide bonds. The largest absolute Gasteiger partial charge is 0.335 e. The standard InChI is InChI=1S/C17H16BrN5OS/c1-11(16(24)20-12-7-3-2-4-8-12)25-17-22-21-15(23(17)19)13-9-5-6-10-14(13)18/h2-11H,19H2,1H3,(H,20,24). The molecule has 0 fully saturated rings. The first kappa shape index (κ1) is 17.5. The molecule has 0 saturated heterocycles. The Hall–Kier alpha value is -2.32. The average Bonchev–Trinajstić information content (AvgIpc) is 2.97. The van der Waals surface area contributed by atoms with Gasteiger partial charge in [0.1, 0.15) is 0 Å². The van der Waals surface area contributed by atoms with E-state index >= 15 is 0 Å². The predicted octanol–water partition coefficient (Wildman–Crippen LogP) is 3.54. The second-order valence-corrected chi connectivity index (χ2v) is 7.43. The van der Waals surface area contributed by atoms with Crippen molar-refractivity contribution in [3.63, 3.8) is 0 Å². The third kappa shape index (κ3) is 4.02. The Morgan fingerprint density at radius 2 is 1.84 bits per heavy atom. The van der Waals surface area contributed by atoms with E-state index < -0.39 is 0 Å². The number of benzene rings is 2. The minimum absolute atomic E-state index is 0.123. The first-order valence-corrected chi connectivity index (χ1v) is 9.21. The Morgan fingerprint density at radius 3 is 2.56 bits per heavy atom. The molecule has 6 nitrogen and oxygen atoms in total. The highest BCUT2D eigenvalue weighted by Crippen LogP contribution is 2.29. The van der Waals surface area contributed by atoms with Crippen molar-refractivity contribution in [1.82, 2.24) is 14.9 Å². The summed E-state index contributed by atoms with van der Waals surface area (Å²) in [6, 6.07) is 16.9. The number of carbonyl (C=O) groups is 1. The van der Waals surface area contributed by atoms with E-state index in [0.29, 0.717) is 11.0 Å². The van der Waals surface area contributed by atoms with Crippen molar-refractivity contribution in [1.29, 1.82) is 0 Å². The molecule has 1 aromatic heterocycles. The van der Waals surface area contributed by atoms with Gasteiger partial charge in [-0.05, 0) is 31.2 Å². The van der Waals surface area contributed by atoms with Crippen LogP contribution in [0.4, 0.5) is 5.69 Å². The summed E-state index contributed by atoms with van der Waals surface area (Å²) >= 11 is 4.74. The lowest BCUT2D eigenvalue weighted by Gasteiger charge is -2.11. The second-order valence-electron chi connectivity index (χ2n) is 5.27. The van der Waals surface area contributed by atoms with Gasteiger partial charge in [-0.15, -0.1) is 10.2 Å². The van der Waals surface area contributed by atoms with Crippen LogP contribution >= 0.6 is 27.7 Å². The van der Waals surface area contributed by atoms with Crippen LogP contribution in [0.5, 0.6) is 0 Å². The normalized spacial score (nSPS) is 11.9. The zero-order chi connectivity index (χ0) is 17.8. The van der Waals surface area contributed by atoms with Crippen LogP contribution in [-0.2, 0) is 4.79 Å². The summed E-state index contributed by atoms with van der Waals surface area (Å²) in [5, 5.41) is 11.2. The summed E-state index contributed by atoms with van der Waals surface area (Å²) in [5.41, 5.74) is 1.59. The molecule has 3 N–H and O–H groups in total. The predicted molar refractivity (Wildman–Crippen MR) is 104 cm³/mol. The van der Waals surface area contributed by atoms with E-state index in [2.05, 4.69) is 31.4 Å². The summed E-state index contributed by atoms with van der Waals surface area (Å²) in [6.07, 6.45) is 0. The molecular weight excluding hydrogens is 402 g/mol. The second kappa shape index (κ2) is 7.71. The number of nitrogens with zero attached hydrogens (tertiary/aromatic N) is 3. The van der Waals surface area contributed by atoms with Crippen LogP contribution in [0.1, 0.15) is 6.92 Å². The first-order chi connectivity index (χ1) is 12.1. The fourth-order valence-electron chi connectivity index (χ4n) is 2.16. The smallest absolute Gasteiger partial charge is 0.237 e. The third-order valence-electron chi connectivity index (χ3n) is 3.47. The maximum absolute atomic E-state index is 12.3. The maximum atomic E-state index is 12.3. The molecule has 0 radical (unpaired) electrons. The number of halogens is 1. The molecule has 1 unspecified atom stereocenters. The first-order valence-electron chi connectivity index (χ1n) is 7.54. The highest BCUT2D eigenvalue weighted by atomic mass is 79.9. The summed E-state index contributed by atoms with van der Waals surface area (Å²) in [6.45, 7) is 1.80. The van der Waals surface area contributed by atoms with Crippen molar-refractivity contribution in [3.05, 3.63) is 59.1 Å². The molecule has 1 heterocycles. The zero-order valence-corrected chi connectivity index (χ0v) is 15.8. The molecule has 0 spiro atoms. The van der Waals surface area contributed by atoms with Gasteiger partial charge in [-0.1, -0.05) is 58.0 Å². The summed E-state index contributed by atoms with van der Waals surface area (Å²) in [5.74, 6) is 6.53. The van der Waals surface area contributed by atoms with Crippen molar-refractivity contribution < 1.29 is 4.79 Å². The Morgan fingerprint density at radius 1 is 1.16 bits per heavy atom. The topological polar surface area (TPSA) is 85.8 Å². The SMILES string of the molecule is CC(Sc1nnc(-c2ccccc2Br)n1N)C(=O)Nc1ccccc1. The molecular formula is C17H16BrN5OS. The molecule has 128 valence electrons. The fraction of sp³-hybridized carbons (Fsp3) is 0.118. The number of para-hydroxylation sites is 1. The van der Waals surface area contributed by atoms with Crippen LogP contribution in [0.15, 0.2) is 64.2 Å². The van der Waals surface area contributed by atoms with E-state index in [-0.39, 0.29) is 11.2 Å². The Bertz CT molecular complexity index is 884. The average molecular weight is 418 g/mol. The minimum atomic E-state index is -0.376. The molecule has 0 bridgehead atoms. The van der Waals surface area contributed by atoms with Crippen LogP contribution in [-0.4, -0.2) is 26.0 Å². The summed E-state index contributed by atoms with van der Waals surface area (Å²) < 4.78 is 2.28. The number of amides is 1. The van der Waals surface area contributed by atoms with E-state index in [1.54, 1.807) is 6.92 Å². The fourth-order valence-corrected chi connectivity index (χ4v) is 3.39. The number of thioether (sulfide) groups is 1. The minimum Gasteiger partial charge on any atom is -0.335 e. The molecule has 8 heteroatoms. The van der Waals surface area contributed by atoms with Crippen molar-refractivity contribution in [2.45, 2.75) is 17.3 Å². The van der Waals surface area contributed by atoms with E-state index in [1.165, 1.54) is 16.4 Å². The summed E-state index contributed by atoms with van der Waals surface area (Å²) in [4.78, 5) is 12.3. The van der Waals surface area contributed by atoms with E-state index in [0.717, 1.165) is 15.7 Å². The van der Waals surface area contributed by atoms with Gasteiger partial charge < -0.3 is 11.2 Å². The van der Waals surface area contributed by atoms with Gasteiger partial charge in [0.05, 0.1) is 5.25 Å². The molecule has 1 atom stereocenters. The third-order valence-corrected chi connectivity index (χ3v) is 5.22. The van der Waals surface area contributed by atoms with Crippen LogP contribution in [0, 0.1) is 0 Å². The molecule has 2 aromatic carbocycles. The molecule has 3 aromatic rings. The van der Waals surface area contributed by atoms with Gasteiger partial charge in [0.15, 0.2) is 5.82 Å². The molecule has 0 aliphatic heterocycles. The number of nitrogens with one attached hydrogen (secondary N) is 1. The molecule has 25 heavy (non-hydrogen) atoms. The van der Waals surface area contributed by atoms with E-state index in [9.17, 15) is 4.79 Å². The van der Waals surface area contributed by atoms with Crippen LogP contribution in [0.25, 0.3) is 11.4 Å². The monoisotopic (exact) mass is 417 g/mol. The highest BCUT2D eigenvalue weighted by molar-refractivity contribution is 9.10. The van der Waals surface area contributed by atoms with Crippen molar-refractivity contribution in [2.75, 3.05) is 11.2 Å². The number of carbonyl (C=O) groups excluding carboxylic acids is 1. The lowest BCUT2D eigenvalue weighted by molar-refractivity contribution is -0.115. The van der Waals surface area contributed by atoms with Crippen molar-refractivity contribution >= 4 is 39.3 Å². The Balaban J connectivity index is 1.73. The molecule has 0 saturated carbocycles. The molecule has 3 rings (SSSR count). The van der Waals surface area contributed by atoms with Gasteiger partial charge in [0.2, 0.25) is 11.1 Å². The van der Waals surface area contributed by atoms with Gasteiger partial charge in [-0.2, -0.15) is 0 Å². The quantitative estimate of drug-likeness (QED) is 0.489. The van der Waals surface area contributed by atoms with Gasteiger partial charge in [0.25, 0.3) is 0 Å². The number of rotatable bonds is 5. The molecule has 0 aliphatic carbocycles. The number of nitrogens with two attached hydrogens (primary N) is 1. The van der Waals surface area contributed by atoms with E-state index in [4.69, 9.17) is 5.84 Å². The van der Waals surface area contributed by atoms with Crippen LogP contribution < -0.4 is 11.2 Å². The van der Waals surface area contributed by atoms with Gasteiger partial charge in [-0.3, -0.25) is 4.79 Å². The number of hydrogen-bond acceptors (Lipinski definition) is 5. The van der Waals surface area contributed by atoms with Crippen LogP contribution in [0.3, 0.4) is 0 Å². The van der Waals surface area contributed by atoms with Crippen LogP contribution in [0.2, 0.25) is 0 Å². The van der Waals surface area contributed by atoms with Gasteiger partial charge in [-0.25, -0.2) is 4.68 Å². The summed E-state index contributed by atoms with van der Waals surface area (Å²) in [7, 11) is 0. The van der Waals surface area contributed by atoms with Gasteiger partial charge >= 0.3 is 0 Å². The lowest BCUT2D eigenvalue weighted by Crippen LogP contribution is -2.23. The zero-order valence-electron chi connectivity index (χ0n) is 13.4. The maximum Gasteiger partial charge on any atom is 0.237 e. The highest BCUT2D eigenvalue weighted by Gasteiger charge is 2.20. The number of hydrogen-bond donors (Lipinski definition) is 2. The number of nitrogen functional groups attached to an aromatic ring is 1. The van der Waals surface area contributed by atoms with Crippen molar-refractivity contribution in [3.8, 4) is 11.4 Å². The van der Waals surface area contributed by atoms with E-state index in [1.807, 2.05) is 54.6 Å².